The molecule has 1 aromatic heterocycles. The van der Waals surface area contributed by atoms with E-state index in [-0.39, 0.29) is 17.7 Å². The summed E-state index contributed by atoms with van der Waals surface area (Å²) < 4.78 is 5.28. The molecular formula is C15H20N4O3. The minimum absolute atomic E-state index is 0.118. The van der Waals surface area contributed by atoms with Gasteiger partial charge >= 0.3 is 0 Å². The van der Waals surface area contributed by atoms with Crippen LogP contribution in [0.4, 0.5) is 0 Å². The second-order valence-electron chi connectivity index (χ2n) is 5.62. The number of amides is 2. The zero-order valence-corrected chi connectivity index (χ0v) is 12.5. The number of nitrogens with zero attached hydrogens (tertiary/aromatic N) is 4. The Bertz CT molecular complexity index is 531. The summed E-state index contributed by atoms with van der Waals surface area (Å²) in [5, 5.41) is 0. The number of piperidine rings is 1. The third kappa shape index (κ3) is 3.24. The maximum atomic E-state index is 12.6. The maximum absolute atomic E-state index is 12.6. The van der Waals surface area contributed by atoms with Crippen LogP contribution in [0.5, 0.6) is 0 Å². The summed E-state index contributed by atoms with van der Waals surface area (Å²) >= 11 is 0. The number of rotatable bonds is 2. The Balaban J connectivity index is 1.63. The Morgan fingerprint density at radius 2 is 1.95 bits per heavy atom. The summed E-state index contributed by atoms with van der Waals surface area (Å²) in [7, 11) is 0. The molecule has 0 N–H and O–H groups in total. The van der Waals surface area contributed by atoms with Crippen molar-refractivity contribution in [2.24, 2.45) is 5.92 Å². The lowest BCUT2D eigenvalue weighted by Crippen LogP contribution is -2.49. The zero-order valence-electron chi connectivity index (χ0n) is 12.5. The van der Waals surface area contributed by atoms with E-state index < -0.39 is 0 Å². The number of carbonyl (C=O) groups excluding carboxylic acids is 2. The molecule has 1 aromatic rings. The Labute approximate surface area is 129 Å². The molecule has 2 fully saturated rings. The third-order valence-electron chi connectivity index (χ3n) is 4.16. The van der Waals surface area contributed by atoms with Gasteiger partial charge in [0.25, 0.3) is 5.91 Å². The molecule has 7 nitrogen and oxygen atoms in total. The fourth-order valence-electron chi connectivity index (χ4n) is 2.98. The van der Waals surface area contributed by atoms with Crippen molar-refractivity contribution in [3.63, 3.8) is 0 Å². The summed E-state index contributed by atoms with van der Waals surface area (Å²) in [6, 6.07) is 0. The van der Waals surface area contributed by atoms with Gasteiger partial charge in [0, 0.05) is 38.6 Å². The fraction of sp³-hybridized carbons (Fsp3) is 0.600. The van der Waals surface area contributed by atoms with E-state index in [1.165, 1.54) is 18.6 Å². The highest BCUT2D eigenvalue weighted by Gasteiger charge is 2.32. The van der Waals surface area contributed by atoms with Crippen molar-refractivity contribution in [2.45, 2.75) is 12.8 Å². The van der Waals surface area contributed by atoms with Crippen LogP contribution in [0.1, 0.15) is 23.3 Å². The number of morpholine rings is 1. The molecule has 3 rings (SSSR count). The van der Waals surface area contributed by atoms with Crippen LogP contribution in [0.25, 0.3) is 0 Å². The van der Waals surface area contributed by atoms with Crippen LogP contribution < -0.4 is 0 Å². The van der Waals surface area contributed by atoms with Crippen molar-refractivity contribution < 1.29 is 14.3 Å². The van der Waals surface area contributed by atoms with Gasteiger partial charge in [-0.25, -0.2) is 4.98 Å². The van der Waals surface area contributed by atoms with Gasteiger partial charge in [0.15, 0.2) is 0 Å². The van der Waals surface area contributed by atoms with Crippen LogP contribution in [0.3, 0.4) is 0 Å². The molecule has 0 aromatic carbocycles. The van der Waals surface area contributed by atoms with Crippen molar-refractivity contribution >= 4 is 11.8 Å². The largest absolute Gasteiger partial charge is 0.378 e. The van der Waals surface area contributed by atoms with Gasteiger partial charge in [0.2, 0.25) is 5.91 Å². The van der Waals surface area contributed by atoms with Crippen LogP contribution in [-0.2, 0) is 9.53 Å². The average Bonchev–Trinajstić information content (AvgIpc) is 2.62. The predicted octanol–water partition coefficient (Wildman–Crippen LogP) is 0.188. The number of carbonyl (C=O) groups is 2. The topological polar surface area (TPSA) is 75.6 Å². The van der Waals surface area contributed by atoms with E-state index in [0.29, 0.717) is 45.1 Å². The van der Waals surface area contributed by atoms with E-state index >= 15 is 0 Å². The molecule has 0 unspecified atom stereocenters. The van der Waals surface area contributed by atoms with Crippen molar-refractivity contribution in [1.29, 1.82) is 0 Å². The SMILES string of the molecule is O=C(c1cnccn1)N1CCC[C@H](C(=O)N2CCOCC2)C1. The van der Waals surface area contributed by atoms with Crippen LogP contribution in [0.2, 0.25) is 0 Å². The van der Waals surface area contributed by atoms with Gasteiger partial charge < -0.3 is 14.5 Å². The lowest BCUT2D eigenvalue weighted by Gasteiger charge is -2.36. The second kappa shape index (κ2) is 6.83. The highest BCUT2D eigenvalue weighted by atomic mass is 16.5. The average molecular weight is 304 g/mol. The Morgan fingerprint density at radius 1 is 1.14 bits per heavy atom. The van der Waals surface area contributed by atoms with Gasteiger partial charge in [-0.15, -0.1) is 0 Å². The summed E-state index contributed by atoms with van der Waals surface area (Å²) in [5.41, 5.74) is 0.335. The normalized spacial score (nSPS) is 22.5. The molecule has 2 saturated heterocycles. The van der Waals surface area contributed by atoms with Crippen molar-refractivity contribution in [3.8, 4) is 0 Å². The lowest BCUT2D eigenvalue weighted by molar-refractivity contribution is -0.141. The van der Waals surface area contributed by atoms with Crippen LogP contribution >= 0.6 is 0 Å². The Hall–Kier alpha value is -2.02. The molecule has 0 bridgehead atoms. The predicted molar refractivity (Wildman–Crippen MR) is 78.1 cm³/mol. The highest BCUT2D eigenvalue weighted by molar-refractivity contribution is 5.92. The maximum Gasteiger partial charge on any atom is 0.274 e. The first-order valence-electron chi connectivity index (χ1n) is 7.67. The van der Waals surface area contributed by atoms with E-state index in [2.05, 4.69) is 9.97 Å². The van der Waals surface area contributed by atoms with Crippen LogP contribution in [-0.4, -0.2) is 71.0 Å². The molecule has 2 aliphatic heterocycles. The summed E-state index contributed by atoms with van der Waals surface area (Å²) in [6.07, 6.45) is 6.19. The lowest BCUT2D eigenvalue weighted by atomic mass is 9.96. The smallest absolute Gasteiger partial charge is 0.274 e. The second-order valence-corrected chi connectivity index (χ2v) is 5.62. The van der Waals surface area contributed by atoms with E-state index in [1.807, 2.05) is 4.90 Å². The highest BCUT2D eigenvalue weighted by Crippen LogP contribution is 2.20. The number of aromatic nitrogens is 2. The standard InChI is InChI=1S/C15H20N4O3/c20-14(18-6-8-22-9-7-18)12-2-1-5-19(11-12)15(21)13-10-16-3-4-17-13/h3-4,10,12H,1-2,5-9,11H2/t12-/m0/s1. The van der Waals surface area contributed by atoms with Crippen molar-refractivity contribution in [2.75, 3.05) is 39.4 Å². The molecule has 7 heteroatoms. The molecule has 0 spiro atoms. The summed E-state index contributed by atoms with van der Waals surface area (Å²) in [4.78, 5) is 36.5. The summed E-state index contributed by atoms with van der Waals surface area (Å²) in [6.45, 7) is 3.62. The first kappa shape index (κ1) is 14.9. The van der Waals surface area contributed by atoms with Gasteiger partial charge in [-0.1, -0.05) is 0 Å². The minimum atomic E-state index is -0.146. The number of hydrogen-bond acceptors (Lipinski definition) is 5. The molecular weight excluding hydrogens is 284 g/mol. The molecule has 118 valence electrons. The third-order valence-corrected chi connectivity index (χ3v) is 4.16. The summed E-state index contributed by atoms with van der Waals surface area (Å²) in [5.74, 6) is -0.125. The van der Waals surface area contributed by atoms with E-state index in [1.54, 1.807) is 4.90 Å². The van der Waals surface area contributed by atoms with Crippen LogP contribution in [0, 0.1) is 5.92 Å². The molecule has 3 heterocycles. The molecule has 22 heavy (non-hydrogen) atoms. The minimum Gasteiger partial charge on any atom is -0.378 e. The molecule has 0 saturated carbocycles. The fourth-order valence-corrected chi connectivity index (χ4v) is 2.98. The van der Waals surface area contributed by atoms with E-state index in [0.717, 1.165) is 12.8 Å². The monoisotopic (exact) mass is 304 g/mol. The number of ether oxygens (including phenoxy) is 1. The molecule has 2 amide bonds. The van der Waals surface area contributed by atoms with Gasteiger partial charge in [-0.3, -0.25) is 14.6 Å². The van der Waals surface area contributed by atoms with Crippen molar-refractivity contribution in [3.05, 3.63) is 24.3 Å². The first-order valence-corrected chi connectivity index (χ1v) is 7.67. The molecule has 2 aliphatic rings. The van der Waals surface area contributed by atoms with Crippen LogP contribution in [0.15, 0.2) is 18.6 Å². The van der Waals surface area contributed by atoms with Gasteiger partial charge in [-0.2, -0.15) is 0 Å². The zero-order chi connectivity index (χ0) is 15.4. The Morgan fingerprint density at radius 3 is 2.68 bits per heavy atom. The van der Waals surface area contributed by atoms with Gasteiger partial charge in [0.05, 0.1) is 25.3 Å². The van der Waals surface area contributed by atoms with E-state index in [4.69, 9.17) is 4.74 Å². The quantitative estimate of drug-likeness (QED) is 0.779. The van der Waals surface area contributed by atoms with E-state index in [9.17, 15) is 9.59 Å². The molecule has 0 aliphatic carbocycles. The number of likely N-dealkylation sites (tertiary alicyclic amines) is 1. The van der Waals surface area contributed by atoms with Gasteiger partial charge in [-0.05, 0) is 12.8 Å². The molecule has 0 radical (unpaired) electrons. The Kier molecular flexibility index (Phi) is 4.62. The number of hydrogen-bond donors (Lipinski definition) is 0. The molecule has 1 atom stereocenters. The van der Waals surface area contributed by atoms with Crippen molar-refractivity contribution in [1.82, 2.24) is 19.8 Å². The first-order chi connectivity index (χ1) is 10.8. The van der Waals surface area contributed by atoms with Gasteiger partial charge in [0.1, 0.15) is 5.69 Å².